The van der Waals surface area contributed by atoms with Crippen LogP contribution in [0, 0.1) is 13.8 Å². The summed E-state index contributed by atoms with van der Waals surface area (Å²) in [6.07, 6.45) is 6.57. The molecule has 4 rings (SSSR count). The summed E-state index contributed by atoms with van der Waals surface area (Å²) in [5, 5.41) is 3.23. The largest absolute Gasteiger partial charge is 0.352 e. The molecule has 0 saturated heterocycles. The van der Waals surface area contributed by atoms with Crippen LogP contribution in [0.15, 0.2) is 78.9 Å². The van der Waals surface area contributed by atoms with Crippen LogP contribution in [0.4, 0.5) is 5.69 Å². The molecular weight excluding hydrogens is 534 g/mol. The van der Waals surface area contributed by atoms with Crippen molar-refractivity contribution >= 4 is 27.5 Å². The van der Waals surface area contributed by atoms with Crippen molar-refractivity contribution < 1.29 is 18.0 Å². The standard InChI is InChI=1S/C33H41N3O4S/c1-25-14-10-12-18-28(25)23-35(32(37)24-36(41(3,39)40)30-21-13-11-15-26(30)2)31(22-27-16-6-4-7-17-27)33(38)34-29-19-8-5-9-20-29/h4,6-7,10-18,21,29,31H,5,8-9,19-20,22-24H2,1-3H3,(H,34,38)/t31-/m1/s1. The molecule has 0 unspecified atom stereocenters. The molecule has 218 valence electrons. The van der Waals surface area contributed by atoms with Crippen LogP contribution >= 0.6 is 0 Å². The number of anilines is 1. The number of hydrogen-bond acceptors (Lipinski definition) is 4. The average Bonchev–Trinajstić information content (AvgIpc) is 2.95. The van der Waals surface area contributed by atoms with E-state index in [9.17, 15) is 18.0 Å². The van der Waals surface area contributed by atoms with Gasteiger partial charge in [0.25, 0.3) is 0 Å². The van der Waals surface area contributed by atoms with Crippen LogP contribution in [-0.2, 0) is 32.6 Å². The van der Waals surface area contributed by atoms with E-state index in [1.165, 1.54) is 0 Å². The van der Waals surface area contributed by atoms with Gasteiger partial charge in [0.2, 0.25) is 21.8 Å². The Morgan fingerprint density at radius 3 is 2.10 bits per heavy atom. The van der Waals surface area contributed by atoms with Crippen LogP contribution in [0.2, 0.25) is 0 Å². The number of nitrogens with zero attached hydrogens (tertiary/aromatic N) is 2. The van der Waals surface area contributed by atoms with Crippen LogP contribution in [0.3, 0.4) is 0 Å². The van der Waals surface area contributed by atoms with Crippen molar-refractivity contribution in [2.45, 2.75) is 71.0 Å². The maximum atomic E-state index is 14.3. The molecule has 7 nitrogen and oxygen atoms in total. The van der Waals surface area contributed by atoms with Gasteiger partial charge in [-0.05, 0) is 55.0 Å². The first-order valence-corrected chi connectivity index (χ1v) is 16.2. The SMILES string of the molecule is Cc1ccccc1CN(C(=O)CN(c1ccccc1C)S(C)(=O)=O)[C@H](Cc1ccccc1)C(=O)NC1CCCCC1. The minimum absolute atomic E-state index is 0.0735. The molecule has 3 aromatic carbocycles. The zero-order valence-electron chi connectivity index (χ0n) is 24.3. The molecular formula is C33H41N3O4S. The van der Waals surface area contributed by atoms with E-state index in [-0.39, 0.29) is 18.5 Å². The Morgan fingerprint density at radius 2 is 1.46 bits per heavy atom. The first-order chi connectivity index (χ1) is 19.6. The molecule has 3 aromatic rings. The smallest absolute Gasteiger partial charge is 0.244 e. The van der Waals surface area contributed by atoms with Gasteiger partial charge in [0.05, 0.1) is 11.9 Å². The number of rotatable bonds is 11. The minimum atomic E-state index is -3.79. The zero-order valence-corrected chi connectivity index (χ0v) is 25.1. The molecule has 1 saturated carbocycles. The summed E-state index contributed by atoms with van der Waals surface area (Å²) in [5.41, 5.74) is 4.02. The van der Waals surface area contributed by atoms with Gasteiger partial charge in [-0.2, -0.15) is 0 Å². The summed E-state index contributed by atoms with van der Waals surface area (Å²) >= 11 is 0. The molecule has 1 aliphatic carbocycles. The summed E-state index contributed by atoms with van der Waals surface area (Å²) in [6, 6.07) is 23.8. The monoisotopic (exact) mass is 575 g/mol. The van der Waals surface area contributed by atoms with E-state index in [0.29, 0.717) is 12.1 Å². The number of sulfonamides is 1. The number of nitrogens with one attached hydrogen (secondary N) is 1. The van der Waals surface area contributed by atoms with E-state index in [1.807, 2.05) is 80.6 Å². The van der Waals surface area contributed by atoms with Gasteiger partial charge in [-0.1, -0.05) is 92.1 Å². The molecule has 0 aromatic heterocycles. The van der Waals surface area contributed by atoms with Crippen LogP contribution < -0.4 is 9.62 Å². The number of carbonyl (C=O) groups is 2. The van der Waals surface area contributed by atoms with Gasteiger partial charge in [0.15, 0.2) is 0 Å². The Kier molecular flexibility index (Phi) is 10.2. The molecule has 1 fully saturated rings. The van der Waals surface area contributed by atoms with Gasteiger partial charge >= 0.3 is 0 Å². The molecule has 0 heterocycles. The van der Waals surface area contributed by atoms with Crippen molar-refractivity contribution in [3.8, 4) is 0 Å². The minimum Gasteiger partial charge on any atom is -0.352 e. The Labute approximate surface area is 244 Å². The molecule has 0 bridgehead atoms. The normalized spacial score (nSPS) is 14.7. The third-order valence-electron chi connectivity index (χ3n) is 7.89. The maximum Gasteiger partial charge on any atom is 0.244 e. The predicted octanol–water partition coefficient (Wildman–Crippen LogP) is 5.16. The Balaban J connectivity index is 1.74. The summed E-state index contributed by atoms with van der Waals surface area (Å²) in [4.78, 5) is 29.8. The molecule has 8 heteroatoms. The van der Waals surface area contributed by atoms with Crippen LogP contribution in [0.1, 0.15) is 54.4 Å². The lowest BCUT2D eigenvalue weighted by atomic mass is 9.94. The molecule has 1 N–H and O–H groups in total. The lowest BCUT2D eigenvalue weighted by Crippen LogP contribution is -2.55. The first-order valence-electron chi connectivity index (χ1n) is 14.3. The molecule has 0 spiro atoms. The van der Waals surface area contributed by atoms with Crippen molar-refractivity contribution in [2.24, 2.45) is 0 Å². The summed E-state index contributed by atoms with van der Waals surface area (Å²) in [6.45, 7) is 3.57. The van der Waals surface area contributed by atoms with Crippen LogP contribution in [0.25, 0.3) is 0 Å². The highest BCUT2D eigenvalue weighted by Gasteiger charge is 2.34. The van der Waals surface area contributed by atoms with Gasteiger partial charge in [-0.3, -0.25) is 13.9 Å². The topological polar surface area (TPSA) is 86.8 Å². The quantitative estimate of drug-likeness (QED) is 0.342. The Hall–Kier alpha value is -3.65. The van der Waals surface area contributed by atoms with Crippen molar-refractivity contribution in [2.75, 3.05) is 17.1 Å². The molecule has 0 radical (unpaired) electrons. The number of hydrogen-bond donors (Lipinski definition) is 1. The average molecular weight is 576 g/mol. The van der Waals surface area contributed by atoms with Crippen molar-refractivity contribution in [1.82, 2.24) is 10.2 Å². The van der Waals surface area contributed by atoms with Crippen molar-refractivity contribution in [1.29, 1.82) is 0 Å². The maximum absolute atomic E-state index is 14.3. The lowest BCUT2D eigenvalue weighted by molar-refractivity contribution is -0.140. The van der Waals surface area contributed by atoms with E-state index in [4.69, 9.17) is 0 Å². The number of aryl methyl sites for hydroxylation is 2. The van der Waals surface area contributed by atoms with Gasteiger partial charge in [0, 0.05) is 19.0 Å². The van der Waals surface area contributed by atoms with E-state index in [1.54, 1.807) is 17.0 Å². The third kappa shape index (κ3) is 8.19. The number of para-hydroxylation sites is 1. The highest BCUT2D eigenvalue weighted by atomic mass is 32.2. The van der Waals surface area contributed by atoms with Crippen LogP contribution in [0.5, 0.6) is 0 Å². The number of carbonyl (C=O) groups excluding carboxylic acids is 2. The van der Waals surface area contributed by atoms with E-state index in [2.05, 4.69) is 5.32 Å². The predicted molar refractivity (Wildman–Crippen MR) is 164 cm³/mol. The summed E-state index contributed by atoms with van der Waals surface area (Å²) in [7, 11) is -3.79. The van der Waals surface area contributed by atoms with Gasteiger partial charge in [0.1, 0.15) is 12.6 Å². The first kappa shape index (κ1) is 30.3. The molecule has 1 atom stereocenters. The highest BCUT2D eigenvalue weighted by molar-refractivity contribution is 7.92. The van der Waals surface area contributed by atoms with Crippen molar-refractivity contribution in [3.63, 3.8) is 0 Å². The van der Waals surface area contributed by atoms with E-state index >= 15 is 0 Å². The number of amides is 2. The van der Waals surface area contributed by atoms with E-state index < -0.39 is 28.5 Å². The van der Waals surface area contributed by atoms with Crippen LogP contribution in [-0.4, -0.2) is 50.0 Å². The Morgan fingerprint density at radius 1 is 0.854 bits per heavy atom. The second-order valence-corrected chi connectivity index (χ2v) is 13.0. The second kappa shape index (κ2) is 13.8. The Bertz CT molecular complexity index is 1440. The highest BCUT2D eigenvalue weighted by Crippen LogP contribution is 2.24. The van der Waals surface area contributed by atoms with Crippen molar-refractivity contribution in [3.05, 3.63) is 101 Å². The third-order valence-corrected chi connectivity index (χ3v) is 9.01. The fraction of sp³-hybridized carbons (Fsp3) is 0.394. The summed E-state index contributed by atoms with van der Waals surface area (Å²) in [5.74, 6) is -0.633. The van der Waals surface area contributed by atoms with Gasteiger partial charge < -0.3 is 10.2 Å². The van der Waals surface area contributed by atoms with Gasteiger partial charge in [-0.25, -0.2) is 8.42 Å². The second-order valence-electron chi connectivity index (χ2n) is 11.1. The van der Waals surface area contributed by atoms with Gasteiger partial charge in [-0.15, -0.1) is 0 Å². The zero-order chi connectivity index (χ0) is 29.4. The molecule has 1 aliphatic rings. The fourth-order valence-corrected chi connectivity index (χ4v) is 6.41. The van der Waals surface area contributed by atoms with E-state index in [0.717, 1.165) is 64.9 Å². The lowest BCUT2D eigenvalue weighted by Gasteiger charge is -2.35. The molecule has 41 heavy (non-hydrogen) atoms. The molecule has 2 amide bonds. The number of benzene rings is 3. The fourth-order valence-electron chi connectivity index (χ4n) is 5.51. The summed E-state index contributed by atoms with van der Waals surface area (Å²) < 4.78 is 27.1. The molecule has 0 aliphatic heterocycles.